The molecule has 0 amide bonds. The molecule has 0 saturated carbocycles. The van der Waals surface area contributed by atoms with Gasteiger partial charge in [0.1, 0.15) is 5.82 Å². The zero-order valence-electron chi connectivity index (χ0n) is 16.7. The summed E-state index contributed by atoms with van der Waals surface area (Å²) in [6.45, 7) is 6.55. The molecule has 1 fully saturated rings. The van der Waals surface area contributed by atoms with E-state index in [2.05, 4.69) is 36.1 Å². The van der Waals surface area contributed by atoms with E-state index in [4.69, 9.17) is 0 Å². The predicted octanol–water partition coefficient (Wildman–Crippen LogP) is 0.630. The quantitative estimate of drug-likeness (QED) is 0.398. The Labute approximate surface area is 167 Å². The zero-order valence-corrected chi connectivity index (χ0v) is 17.5. The number of imidazole rings is 1. The maximum Gasteiger partial charge on any atom is 0.191 e. The number of aryl methyl sites for hydroxylation is 2. The highest BCUT2D eigenvalue weighted by atomic mass is 32.2. The van der Waals surface area contributed by atoms with Crippen LogP contribution in [0.3, 0.4) is 0 Å². The summed E-state index contributed by atoms with van der Waals surface area (Å²) in [5.41, 5.74) is 2.21. The molecule has 2 heterocycles. The van der Waals surface area contributed by atoms with Crippen LogP contribution in [0.15, 0.2) is 29.3 Å². The molecule has 2 N–H and O–H groups in total. The average molecular weight is 407 g/mol. The van der Waals surface area contributed by atoms with Crippen molar-refractivity contribution < 1.29 is 8.42 Å². The Balaban J connectivity index is 1.37. The van der Waals surface area contributed by atoms with Crippen molar-refractivity contribution in [2.45, 2.75) is 19.9 Å². The normalized spacial score (nSPS) is 17.7. The third kappa shape index (κ3) is 5.45. The van der Waals surface area contributed by atoms with Crippen LogP contribution < -0.4 is 10.6 Å². The molecule has 0 atom stereocenters. The van der Waals surface area contributed by atoms with E-state index in [1.807, 2.05) is 25.1 Å². The van der Waals surface area contributed by atoms with Crippen LogP contribution in [-0.2, 0) is 16.4 Å². The number of hydrogen-bond donors (Lipinski definition) is 2. The van der Waals surface area contributed by atoms with E-state index >= 15 is 0 Å². The second-order valence-electron chi connectivity index (χ2n) is 7.07. The second-order valence-corrected chi connectivity index (χ2v) is 9.38. The number of fused-ring (bicyclic) bond motifs is 1. The number of aromatic nitrogens is 2. The first-order valence-electron chi connectivity index (χ1n) is 9.78. The van der Waals surface area contributed by atoms with Gasteiger partial charge in [0.05, 0.1) is 22.5 Å². The van der Waals surface area contributed by atoms with Gasteiger partial charge in [-0.25, -0.2) is 13.4 Å². The Hall–Kier alpha value is -2.13. The van der Waals surface area contributed by atoms with Gasteiger partial charge in [-0.05, 0) is 25.5 Å². The Kier molecular flexibility index (Phi) is 6.90. The van der Waals surface area contributed by atoms with Gasteiger partial charge in [0, 0.05) is 46.3 Å². The third-order valence-electron chi connectivity index (χ3n) is 5.08. The Morgan fingerprint density at radius 2 is 1.86 bits per heavy atom. The maximum absolute atomic E-state index is 11.5. The lowest BCUT2D eigenvalue weighted by atomic mass is 10.3. The summed E-state index contributed by atoms with van der Waals surface area (Å²) < 4.78 is 25.2. The number of sulfone groups is 1. The summed E-state index contributed by atoms with van der Waals surface area (Å²) in [4.78, 5) is 11.0. The fourth-order valence-electron chi connectivity index (χ4n) is 3.45. The molecule has 0 radical (unpaired) electrons. The van der Waals surface area contributed by atoms with Crippen LogP contribution in [0, 0.1) is 6.92 Å². The largest absolute Gasteiger partial charge is 0.356 e. The van der Waals surface area contributed by atoms with Crippen molar-refractivity contribution in [3.05, 3.63) is 30.1 Å². The summed E-state index contributed by atoms with van der Waals surface area (Å²) in [7, 11) is -1.06. The first-order valence-corrected chi connectivity index (χ1v) is 11.6. The average Bonchev–Trinajstić information content (AvgIpc) is 3.00. The molecule has 0 spiro atoms. The van der Waals surface area contributed by atoms with Crippen molar-refractivity contribution in [1.82, 2.24) is 25.1 Å². The number of nitrogens with one attached hydrogen (secondary N) is 2. The standard InChI is InChI=1S/C19H30N6O2S/c1-16-23-17-6-3-4-7-18(17)25(16)10-5-8-21-19(20-2)22-9-11-24-12-14-28(26,27)15-13-24/h3-4,6-7H,5,8-15H2,1-2H3,(H2,20,21,22). The lowest BCUT2D eigenvalue weighted by molar-refractivity contribution is 0.299. The molecule has 1 saturated heterocycles. The highest BCUT2D eigenvalue weighted by Gasteiger charge is 2.20. The van der Waals surface area contributed by atoms with Gasteiger partial charge in [0.25, 0.3) is 0 Å². The van der Waals surface area contributed by atoms with E-state index in [1.165, 1.54) is 5.52 Å². The maximum atomic E-state index is 11.5. The van der Waals surface area contributed by atoms with Gasteiger partial charge in [0.15, 0.2) is 15.8 Å². The van der Waals surface area contributed by atoms with Crippen molar-refractivity contribution in [2.75, 3.05) is 51.3 Å². The van der Waals surface area contributed by atoms with Crippen LogP contribution in [0.2, 0.25) is 0 Å². The molecule has 9 heteroatoms. The van der Waals surface area contributed by atoms with Gasteiger partial charge in [0.2, 0.25) is 0 Å². The van der Waals surface area contributed by atoms with Crippen molar-refractivity contribution >= 4 is 26.8 Å². The summed E-state index contributed by atoms with van der Waals surface area (Å²) in [6.07, 6.45) is 0.964. The molecule has 0 aliphatic carbocycles. The van der Waals surface area contributed by atoms with Crippen LogP contribution in [0.1, 0.15) is 12.2 Å². The molecule has 1 aliphatic heterocycles. The van der Waals surface area contributed by atoms with E-state index in [9.17, 15) is 8.42 Å². The minimum absolute atomic E-state index is 0.266. The number of benzene rings is 1. The molecule has 1 aromatic heterocycles. The fraction of sp³-hybridized carbons (Fsp3) is 0.579. The molecular formula is C19H30N6O2S. The Morgan fingerprint density at radius 3 is 2.61 bits per heavy atom. The second kappa shape index (κ2) is 9.38. The smallest absolute Gasteiger partial charge is 0.191 e. The number of rotatable bonds is 7. The predicted molar refractivity (Wildman–Crippen MR) is 114 cm³/mol. The monoisotopic (exact) mass is 406 g/mol. The Bertz CT molecular complexity index is 908. The molecule has 28 heavy (non-hydrogen) atoms. The van der Waals surface area contributed by atoms with Crippen molar-refractivity contribution in [1.29, 1.82) is 0 Å². The highest BCUT2D eigenvalue weighted by Crippen LogP contribution is 2.15. The zero-order chi connectivity index (χ0) is 20.0. The van der Waals surface area contributed by atoms with E-state index in [1.54, 1.807) is 7.05 Å². The number of nitrogens with zero attached hydrogens (tertiary/aromatic N) is 4. The van der Waals surface area contributed by atoms with E-state index in [0.717, 1.165) is 49.9 Å². The SMILES string of the molecule is CN=C(NCCCn1c(C)nc2ccccc21)NCCN1CCS(=O)(=O)CC1. The molecule has 3 rings (SSSR count). The highest BCUT2D eigenvalue weighted by molar-refractivity contribution is 7.91. The lowest BCUT2D eigenvalue weighted by Gasteiger charge is -2.26. The molecule has 0 bridgehead atoms. The van der Waals surface area contributed by atoms with Gasteiger partial charge >= 0.3 is 0 Å². The van der Waals surface area contributed by atoms with E-state index < -0.39 is 9.84 Å². The van der Waals surface area contributed by atoms with Crippen molar-refractivity contribution in [3.63, 3.8) is 0 Å². The first kappa shape index (κ1) is 20.6. The van der Waals surface area contributed by atoms with E-state index in [0.29, 0.717) is 13.1 Å². The van der Waals surface area contributed by atoms with Crippen molar-refractivity contribution in [2.24, 2.45) is 4.99 Å². The first-order chi connectivity index (χ1) is 13.5. The summed E-state index contributed by atoms with van der Waals surface area (Å²) in [5, 5.41) is 6.64. The van der Waals surface area contributed by atoms with Crippen LogP contribution >= 0.6 is 0 Å². The fourth-order valence-corrected chi connectivity index (χ4v) is 4.73. The van der Waals surface area contributed by atoms with Gasteiger partial charge in [-0.15, -0.1) is 0 Å². The summed E-state index contributed by atoms with van der Waals surface area (Å²) in [5.74, 6) is 2.34. The number of para-hydroxylation sites is 2. The molecule has 1 aromatic carbocycles. The minimum Gasteiger partial charge on any atom is -0.356 e. The number of guanidine groups is 1. The number of aliphatic imine (C=N–C) groups is 1. The summed E-state index contributed by atoms with van der Waals surface area (Å²) >= 11 is 0. The van der Waals surface area contributed by atoms with Crippen LogP contribution in [0.5, 0.6) is 0 Å². The van der Waals surface area contributed by atoms with Crippen LogP contribution in [0.25, 0.3) is 11.0 Å². The topological polar surface area (TPSA) is 91.6 Å². The number of hydrogen-bond acceptors (Lipinski definition) is 5. The molecule has 1 aliphatic rings. The van der Waals surface area contributed by atoms with Gasteiger partial charge in [-0.1, -0.05) is 12.1 Å². The molecule has 2 aromatic rings. The molecule has 8 nitrogen and oxygen atoms in total. The molecule has 154 valence electrons. The van der Waals surface area contributed by atoms with Crippen LogP contribution in [0.4, 0.5) is 0 Å². The lowest BCUT2D eigenvalue weighted by Crippen LogP contribution is -2.46. The minimum atomic E-state index is -2.82. The van der Waals surface area contributed by atoms with Crippen molar-refractivity contribution in [3.8, 4) is 0 Å². The molecular weight excluding hydrogens is 376 g/mol. The van der Waals surface area contributed by atoms with Gasteiger partial charge < -0.3 is 15.2 Å². The third-order valence-corrected chi connectivity index (χ3v) is 6.69. The summed E-state index contributed by atoms with van der Waals surface area (Å²) in [6, 6.07) is 8.20. The van der Waals surface area contributed by atoms with Gasteiger partial charge in [-0.3, -0.25) is 9.89 Å². The Morgan fingerprint density at radius 1 is 1.14 bits per heavy atom. The van der Waals surface area contributed by atoms with Gasteiger partial charge in [-0.2, -0.15) is 0 Å². The van der Waals surface area contributed by atoms with Crippen LogP contribution in [-0.4, -0.2) is 80.1 Å². The van der Waals surface area contributed by atoms with E-state index in [-0.39, 0.29) is 11.5 Å². The molecule has 0 unspecified atom stereocenters.